The van der Waals surface area contributed by atoms with Crippen LogP contribution in [0.15, 0.2) is 20.7 Å². The van der Waals surface area contributed by atoms with Gasteiger partial charge < -0.3 is 9.88 Å². The van der Waals surface area contributed by atoms with Crippen molar-refractivity contribution in [3.05, 3.63) is 27.0 Å². The molecule has 0 atom stereocenters. The van der Waals surface area contributed by atoms with Crippen LogP contribution in [0.1, 0.15) is 6.42 Å². The van der Waals surface area contributed by atoms with Crippen molar-refractivity contribution >= 4 is 22.4 Å². The number of nitrogens with zero attached hydrogens (tertiary/aromatic N) is 3. The van der Waals surface area contributed by atoms with Crippen LogP contribution in [0.3, 0.4) is 0 Å². The van der Waals surface area contributed by atoms with E-state index < -0.39 is 21.3 Å². The van der Waals surface area contributed by atoms with Crippen molar-refractivity contribution in [3.8, 4) is 0 Å². The first-order chi connectivity index (χ1) is 9.35. The second-order valence-corrected chi connectivity index (χ2v) is 6.66. The molecule has 0 amide bonds. The largest absolute Gasteiger partial charge is 0.330 e. The lowest BCUT2D eigenvalue weighted by molar-refractivity contribution is 0.429. The molecule has 1 N–H and O–H groups in total. The van der Waals surface area contributed by atoms with Crippen LogP contribution in [0.4, 0.5) is 0 Å². The molecule has 1 saturated heterocycles. The van der Waals surface area contributed by atoms with E-state index >= 15 is 0 Å². The normalized spacial score (nSPS) is 17.0. The molecule has 0 unspecified atom stereocenters. The molecular formula is C11H19ClN4O4S. The maximum absolute atomic E-state index is 12.5. The number of halogens is 1. The third-order valence-corrected chi connectivity index (χ3v) is 5.21. The highest BCUT2D eigenvalue weighted by Gasteiger charge is 2.29. The quantitative estimate of drug-likeness (QED) is 0.707. The zero-order chi connectivity index (χ0) is 14.9. The van der Waals surface area contributed by atoms with Crippen LogP contribution < -0.4 is 16.6 Å². The predicted octanol–water partition coefficient (Wildman–Crippen LogP) is -1.51. The third-order valence-electron chi connectivity index (χ3n) is 3.33. The van der Waals surface area contributed by atoms with Gasteiger partial charge in [0.2, 0.25) is 10.0 Å². The Kier molecular flexibility index (Phi) is 5.74. The van der Waals surface area contributed by atoms with Gasteiger partial charge in [0.1, 0.15) is 0 Å². The maximum Gasteiger partial charge on any atom is 0.330 e. The average Bonchev–Trinajstić information content (AvgIpc) is 2.69. The summed E-state index contributed by atoms with van der Waals surface area (Å²) in [6.45, 7) is 1.97. The first-order valence-corrected chi connectivity index (χ1v) is 7.77. The van der Waals surface area contributed by atoms with Crippen molar-refractivity contribution in [2.45, 2.75) is 11.3 Å². The van der Waals surface area contributed by atoms with Crippen LogP contribution in [0.5, 0.6) is 0 Å². The highest BCUT2D eigenvalue weighted by atomic mass is 35.5. The molecule has 1 aromatic heterocycles. The van der Waals surface area contributed by atoms with E-state index in [4.69, 9.17) is 0 Å². The van der Waals surface area contributed by atoms with Crippen molar-refractivity contribution in [2.24, 2.45) is 14.1 Å². The van der Waals surface area contributed by atoms with Crippen LogP contribution >= 0.6 is 12.4 Å². The molecule has 1 aliphatic rings. The summed E-state index contributed by atoms with van der Waals surface area (Å²) in [6, 6.07) is 0. The van der Waals surface area contributed by atoms with Gasteiger partial charge in [0, 0.05) is 39.9 Å². The van der Waals surface area contributed by atoms with Gasteiger partial charge in [-0.3, -0.25) is 9.36 Å². The number of nitrogens with one attached hydrogen (secondary N) is 1. The van der Waals surface area contributed by atoms with Crippen molar-refractivity contribution in [3.63, 3.8) is 0 Å². The molecular weight excluding hydrogens is 320 g/mol. The summed E-state index contributed by atoms with van der Waals surface area (Å²) in [5, 5.41) is 3.10. The molecule has 1 fully saturated rings. The molecule has 0 saturated carbocycles. The number of hydrogen-bond donors (Lipinski definition) is 1. The fourth-order valence-corrected chi connectivity index (χ4v) is 3.78. The first-order valence-electron chi connectivity index (χ1n) is 6.33. The lowest BCUT2D eigenvalue weighted by Crippen LogP contribution is -2.43. The smallest absolute Gasteiger partial charge is 0.315 e. The van der Waals surface area contributed by atoms with E-state index in [0.29, 0.717) is 26.1 Å². The molecule has 2 heterocycles. The number of aromatic nitrogens is 2. The van der Waals surface area contributed by atoms with Gasteiger partial charge in [0.05, 0.1) is 0 Å². The fraction of sp³-hybridized carbons (Fsp3) is 0.636. The van der Waals surface area contributed by atoms with Gasteiger partial charge in [-0.05, 0) is 13.0 Å². The standard InChI is InChI=1S/C11H18N4O4S.ClH/c1-13-8-9(10(16)14(2)11(13)17)20(18,19)15-6-3-4-12-5-7-15;/h8,12H,3-7H2,1-2H3;1H. The maximum atomic E-state index is 12.5. The lowest BCUT2D eigenvalue weighted by atomic mass is 10.4. The summed E-state index contributed by atoms with van der Waals surface area (Å²) in [6.07, 6.45) is 1.78. The molecule has 0 spiro atoms. The van der Waals surface area contributed by atoms with Gasteiger partial charge in [-0.15, -0.1) is 12.4 Å². The topological polar surface area (TPSA) is 93.4 Å². The molecule has 120 valence electrons. The Labute approximate surface area is 128 Å². The molecule has 10 heteroatoms. The van der Waals surface area contributed by atoms with E-state index in [9.17, 15) is 18.0 Å². The third kappa shape index (κ3) is 3.37. The van der Waals surface area contributed by atoms with Crippen LogP contribution in [-0.2, 0) is 24.1 Å². The average molecular weight is 339 g/mol. The van der Waals surface area contributed by atoms with Crippen LogP contribution in [-0.4, -0.2) is 48.0 Å². The van der Waals surface area contributed by atoms with E-state index in [-0.39, 0.29) is 17.3 Å². The summed E-state index contributed by atoms with van der Waals surface area (Å²) in [5.74, 6) is 0. The summed E-state index contributed by atoms with van der Waals surface area (Å²) < 4.78 is 28.3. The Bertz CT molecular complexity index is 717. The van der Waals surface area contributed by atoms with Crippen molar-refractivity contribution < 1.29 is 8.42 Å². The van der Waals surface area contributed by atoms with Crippen molar-refractivity contribution in [1.82, 2.24) is 18.8 Å². The summed E-state index contributed by atoms with van der Waals surface area (Å²) in [5.41, 5.74) is -1.34. The van der Waals surface area contributed by atoms with Gasteiger partial charge in [0.25, 0.3) is 5.56 Å². The minimum Gasteiger partial charge on any atom is -0.315 e. The number of sulfonamides is 1. The first kappa shape index (κ1) is 17.9. The van der Waals surface area contributed by atoms with E-state index in [0.717, 1.165) is 21.9 Å². The van der Waals surface area contributed by atoms with Gasteiger partial charge >= 0.3 is 5.69 Å². The minimum absolute atomic E-state index is 0. The van der Waals surface area contributed by atoms with Gasteiger partial charge in [-0.25, -0.2) is 13.2 Å². The van der Waals surface area contributed by atoms with Crippen molar-refractivity contribution in [1.29, 1.82) is 0 Å². The Morgan fingerprint density at radius 3 is 2.48 bits per heavy atom. The number of aryl methyl sites for hydroxylation is 1. The molecule has 0 radical (unpaired) electrons. The molecule has 0 bridgehead atoms. The van der Waals surface area contributed by atoms with Gasteiger partial charge in [-0.1, -0.05) is 0 Å². The van der Waals surface area contributed by atoms with E-state index in [1.165, 1.54) is 18.4 Å². The van der Waals surface area contributed by atoms with E-state index in [1.807, 2.05) is 0 Å². The number of rotatable bonds is 2. The monoisotopic (exact) mass is 338 g/mol. The van der Waals surface area contributed by atoms with Crippen LogP contribution in [0.2, 0.25) is 0 Å². The summed E-state index contributed by atoms with van der Waals surface area (Å²) in [4.78, 5) is 23.3. The van der Waals surface area contributed by atoms with Gasteiger partial charge in [0.15, 0.2) is 4.90 Å². The zero-order valence-electron chi connectivity index (χ0n) is 11.9. The second kappa shape index (κ2) is 6.73. The molecule has 2 rings (SSSR count). The van der Waals surface area contributed by atoms with E-state index in [1.54, 1.807) is 0 Å². The highest BCUT2D eigenvalue weighted by Crippen LogP contribution is 2.11. The Balaban J connectivity index is 0.00000220. The SMILES string of the molecule is Cl.Cn1cc(S(=O)(=O)N2CCCNCC2)c(=O)n(C)c1=O. The highest BCUT2D eigenvalue weighted by molar-refractivity contribution is 7.89. The fourth-order valence-electron chi connectivity index (χ4n) is 2.15. The molecule has 1 aliphatic heterocycles. The molecule has 21 heavy (non-hydrogen) atoms. The molecule has 0 aromatic carbocycles. The Morgan fingerprint density at radius 2 is 1.81 bits per heavy atom. The summed E-state index contributed by atoms with van der Waals surface area (Å²) >= 11 is 0. The summed E-state index contributed by atoms with van der Waals surface area (Å²) in [7, 11) is -1.18. The minimum atomic E-state index is -3.88. The number of hydrogen-bond acceptors (Lipinski definition) is 5. The molecule has 1 aromatic rings. The zero-order valence-corrected chi connectivity index (χ0v) is 13.5. The van der Waals surface area contributed by atoms with Crippen molar-refractivity contribution in [2.75, 3.05) is 26.2 Å². The predicted molar refractivity (Wildman–Crippen MR) is 80.4 cm³/mol. The molecule has 0 aliphatic carbocycles. The molecule has 8 nitrogen and oxygen atoms in total. The van der Waals surface area contributed by atoms with Crippen LogP contribution in [0, 0.1) is 0 Å². The van der Waals surface area contributed by atoms with E-state index in [2.05, 4.69) is 5.32 Å². The Morgan fingerprint density at radius 1 is 1.14 bits per heavy atom. The second-order valence-electron chi connectivity index (χ2n) is 4.76. The Hall–Kier alpha value is -1.16. The van der Waals surface area contributed by atoms with Crippen LogP contribution in [0.25, 0.3) is 0 Å². The lowest BCUT2D eigenvalue weighted by Gasteiger charge is -2.19. The van der Waals surface area contributed by atoms with Gasteiger partial charge in [-0.2, -0.15) is 4.31 Å².